The molecule has 8 heteroatoms. The van der Waals surface area contributed by atoms with Gasteiger partial charge in [-0.2, -0.15) is 0 Å². The van der Waals surface area contributed by atoms with E-state index in [4.69, 9.17) is 21.8 Å². The number of alkyl halides is 1. The van der Waals surface area contributed by atoms with Gasteiger partial charge in [0.25, 0.3) is 0 Å². The minimum Gasteiger partial charge on any atom is -0.481 e. The fourth-order valence-electron chi connectivity index (χ4n) is 2.65. The van der Waals surface area contributed by atoms with Gasteiger partial charge in [0.15, 0.2) is 0 Å². The van der Waals surface area contributed by atoms with E-state index < -0.39 is 36.5 Å². The lowest BCUT2D eigenvalue weighted by molar-refractivity contribution is -0.144. The number of rotatable bonds is 9. The maximum atomic E-state index is 14.1. The summed E-state index contributed by atoms with van der Waals surface area (Å²) in [5.74, 6) is -3.58. The second-order valence-electron chi connectivity index (χ2n) is 6.22. The molecule has 0 bridgehead atoms. The molecule has 0 aliphatic rings. The van der Waals surface area contributed by atoms with E-state index >= 15 is 0 Å². The fraction of sp³-hybridized carbons (Fsp3) is 0.250. The smallest absolute Gasteiger partial charge is 0.340 e. The predicted octanol–water partition coefficient (Wildman–Crippen LogP) is 3.32. The van der Waals surface area contributed by atoms with Crippen LogP contribution in [0.15, 0.2) is 48.5 Å². The molecular formula is C20H19ClFNO5. The van der Waals surface area contributed by atoms with Crippen molar-refractivity contribution in [2.45, 2.75) is 31.5 Å². The summed E-state index contributed by atoms with van der Waals surface area (Å²) in [6, 6.07) is 12.9. The number of amides is 1. The number of benzene rings is 2. The Kier molecular flexibility index (Phi) is 7.52. The molecule has 148 valence electrons. The van der Waals surface area contributed by atoms with Gasteiger partial charge in [-0.15, -0.1) is 0 Å². The highest BCUT2D eigenvalue weighted by atomic mass is 35.5. The average molecular weight is 408 g/mol. The molecule has 0 fully saturated rings. The van der Waals surface area contributed by atoms with Crippen LogP contribution in [0.25, 0.3) is 11.1 Å². The maximum Gasteiger partial charge on any atom is 0.340 e. The van der Waals surface area contributed by atoms with Gasteiger partial charge in [0, 0.05) is 11.4 Å². The van der Waals surface area contributed by atoms with Gasteiger partial charge in [-0.05, 0) is 35.2 Å². The topological polar surface area (TPSA) is 104 Å². The molecule has 0 aliphatic carbocycles. The molecule has 0 saturated carbocycles. The Hall–Kier alpha value is -2.93. The van der Waals surface area contributed by atoms with Crippen molar-refractivity contribution in [2.24, 2.45) is 0 Å². The third-order valence-electron chi connectivity index (χ3n) is 4.07. The first-order valence-corrected chi connectivity index (χ1v) is 8.87. The molecular weight excluding hydrogens is 389 g/mol. The Morgan fingerprint density at radius 1 is 1.00 bits per heavy atom. The summed E-state index contributed by atoms with van der Waals surface area (Å²) in [7, 11) is 0. The van der Waals surface area contributed by atoms with Gasteiger partial charge in [-0.25, -0.2) is 9.18 Å². The Morgan fingerprint density at radius 2 is 1.68 bits per heavy atom. The van der Waals surface area contributed by atoms with Crippen molar-refractivity contribution >= 4 is 29.4 Å². The second kappa shape index (κ2) is 9.85. The summed E-state index contributed by atoms with van der Waals surface area (Å²) in [6.07, 6.45) is -3.15. The van der Waals surface area contributed by atoms with Gasteiger partial charge in [-0.3, -0.25) is 9.59 Å². The summed E-state index contributed by atoms with van der Waals surface area (Å²) < 4.78 is 14.1. The van der Waals surface area contributed by atoms with E-state index in [1.165, 1.54) is 0 Å². The van der Waals surface area contributed by atoms with Crippen molar-refractivity contribution < 1.29 is 29.0 Å². The predicted molar refractivity (Wildman–Crippen MR) is 102 cm³/mol. The molecule has 2 aromatic rings. The normalized spacial score (nSPS) is 12.8. The SMILES string of the molecule is O=C(O)CCC(=O)N[C@H](Cc1ccc(-c2cccc(Cl)c2)cc1)[C@@H](F)C(=O)O. The molecule has 0 heterocycles. The minimum absolute atomic E-state index is 0.0535. The first kappa shape index (κ1) is 21.4. The molecule has 0 radical (unpaired) electrons. The van der Waals surface area contributed by atoms with Crippen LogP contribution in [0.1, 0.15) is 18.4 Å². The molecule has 2 rings (SSSR count). The largest absolute Gasteiger partial charge is 0.481 e. The Bertz CT molecular complexity index is 856. The van der Waals surface area contributed by atoms with E-state index in [1.807, 2.05) is 12.1 Å². The van der Waals surface area contributed by atoms with Crippen molar-refractivity contribution in [3.8, 4) is 11.1 Å². The van der Waals surface area contributed by atoms with Crippen LogP contribution in [0, 0.1) is 0 Å². The van der Waals surface area contributed by atoms with Gasteiger partial charge in [0.2, 0.25) is 12.1 Å². The van der Waals surface area contributed by atoms with Gasteiger partial charge in [0.05, 0.1) is 12.5 Å². The number of carbonyl (C=O) groups excluding carboxylic acids is 1. The zero-order valence-electron chi connectivity index (χ0n) is 14.8. The van der Waals surface area contributed by atoms with Crippen molar-refractivity contribution in [1.29, 1.82) is 0 Å². The van der Waals surface area contributed by atoms with Gasteiger partial charge < -0.3 is 15.5 Å². The lowest BCUT2D eigenvalue weighted by atomic mass is 9.98. The molecule has 28 heavy (non-hydrogen) atoms. The van der Waals surface area contributed by atoms with Crippen molar-refractivity contribution in [3.63, 3.8) is 0 Å². The molecule has 0 saturated heterocycles. The molecule has 0 aliphatic heterocycles. The molecule has 0 aromatic heterocycles. The average Bonchev–Trinajstić information content (AvgIpc) is 2.65. The zero-order valence-corrected chi connectivity index (χ0v) is 15.5. The van der Waals surface area contributed by atoms with Crippen LogP contribution in [0.5, 0.6) is 0 Å². The van der Waals surface area contributed by atoms with Crippen LogP contribution in [-0.4, -0.2) is 40.3 Å². The van der Waals surface area contributed by atoms with Crippen LogP contribution in [0.3, 0.4) is 0 Å². The lowest BCUT2D eigenvalue weighted by Crippen LogP contribution is -2.46. The van der Waals surface area contributed by atoms with Crippen LogP contribution >= 0.6 is 11.6 Å². The third-order valence-corrected chi connectivity index (χ3v) is 4.30. The molecule has 2 aromatic carbocycles. The number of carboxylic acids is 2. The third kappa shape index (κ3) is 6.35. The molecule has 0 unspecified atom stereocenters. The Balaban J connectivity index is 2.11. The number of carboxylic acid groups (broad SMARTS) is 2. The first-order valence-electron chi connectivity index (χ1n) is 8.49. The summed E-state index contributed by atoms with van der Waals surface area (Å²) in [4.78, 5) is 33.4. The van der Waals surface area contributed by atoms with E-state index in [2.05, 4.69) is 5.32 Å². The highest BCUT2D eigenvalue weighted by Gasteiger charge is 2.29. The van der Waals surface area contributed by atoms with Gasteiger partial charge >= 0.3 is 11.9 Å². The van der Waals surface area contributed by atoms with E-state index in [1.54, 1.807) is 36.4 Å². The van der Waals surface area contributed by atoms with Gasteiger partial charge in [-0.1, -0.05) is 48.0 Å². The highest BCUT2D eigenvalue weighted by molar-refractivity contribution is 6.30. The molecule has 6 nitrogen and oxygen atoms in total. The number of carbonyl (C=O) groups is 3. The number of hydrogen-bond acceptors (Lipinski definition) is 3. The van der Waals surface area contributed by atoms with Gasteiger partial charge in [0.1, 0.15) is 0 Å². The highest BCUT2D eigenvalue weighted by Crippen LogP contribution is 2.23. The molecule has 0 spiro atoms. The summed E-state index contributed by atoms with van der Waals surface area (Å²) in [5.41, 5.74) is 2.40. The summed E-state index contributed by atoms with van der Waals surface area (Å²) in [5, 5.41) is 20.4. The summed E-state index contributed by atoms with van der Waals surface area (Å²) >= 11 is 5.98. The van der Waals surface area contributed by atoms with Crippen molar-refractivity contribution in [1.82, 2.24) is 5.32 Å². The van der Waals surface area contributed by atoms with Crippen LogP contribution < -0.4 is 5.32 Å². The second-order valence-corrected chi connectivity index (χ2v) is 6.66. The Labute approximate surface area is 165 Å². The minimum atomic E-state index is -2.32. The molecule has 3 N–H and O–H groups in total. The van der Waals surface area contributed by atoms with E-state index in [0.717, 1.165) is 11.1 Å². The van der Waals surface area contributed by atoms with Crippen molar-refractivity contribution in [3.05, 3.63) is 59.1 Å². The fourth-order valence-corrected chi connectivity index (χ4v) is 2.84. The van der Waals surface area contributed by atoms with Crippen LogP contribution in [-0.2, 0) is 20.8 Å². The summed E-state index contributed by atoms with van der Waals surface area (Å²) in [6.45, 7) is 0. The molecule has 2 atom stereocenters. The number of hydrogen-bond donors (Lipinski definition) is 3. The number of halogens is 2. The lowest BCUT2D eigenvalue weighted by Gasteiger charge is -2.20. The van der Waals surface area contributed by atoms with E-state index in [0.29, 0.717) is 10.6 Å². The van der Waals surface area contributed by atoms with Crippen LogP contribution in [0.4, 0.5) is 4.39 Å². The standard InChI is InChI=1S/C20H19ClFNO5/c21-15-3-1-2-14(11-15)13-6-4-12(5-7-13)10-16(19(22)20(27)28)23-17(24)8-9-18(25)26/h1-7,11,16,19H,8-10H2,(H,23,24)(H,25,26)(H,27,28)/t16-,19-/m1/s1. The van der Waals surface area contributed by atoms with Crippen molar-refractivity contribution in [2.75, 3.05) is 0 Å². The maximum absolute atomic E-state index is 14.1. The first-order chi connectivity index (χ1) is 13.3. The zero-order chi connectivity index (χ0) is 20.7. The number of aliphatic carboxylic acids is 2. The van der Waals surface area contributed by atoms with E-state index in [-0.39, 0.29) is 12.8 Å². The van der Waals surface area contributed by atoms with E-state index in [9.17, 15) is 18.8 Å². The number of nitrogens with one attached hydrogen (secondary N) is 1. The van der Waals surface area contributed by atoms with Crippen LogP contribution in [0.2, 0.25) is 5.02 Å². The molecule has 1 amide bonds. The quantitative estimate of drug-likeness (QED) is 0.591. The Morgan fingerprint density at radius 3 is 2.25 bits per heavy atom. The monoisotopic (exact) mass is 407 g/mol.